The minimum absolute atomic E-state index is 0.154. The zero-order valence-electron chi connectivity index (χ0n) is 11.8. The van der Waals surface area contributed by atoms with Crippen molar-refractivity contribution in [1.82, 2.24) is 9.71 Å². The topological polar surface area (TPSA) is 94.3 Å². The molecule has 0 amide bonds. The van der Waals surface area contributed by atoms with Crippen LogP contribution >= 0.6 is 0 Å². The van der Waals surface area contributed by atoms with Gasteiger partial charge in [-0.2, -0.15) is 0 Å². The minimum atomic E-state index is -3.49. The fourth-order valence-corrected chi connectivity index (χ4v) is 2.52. The maximum absolute atomic E-state index is 11.9. The molecule has 114 valence electrons. The molecular formula is C13H23N3O3S. The Morgan fingerprint density at radius 2 is 2.05 bits per heavy atom. The van der Waals surface area contributed by atoms with Gasteiger partial charge in [-0.3, -0.25) is 4.98 Å². The molecular weight excluding hydrogens is 278 g/mol. The number of pyridine rings is 1. The summed E-state index contributed by atoms with van der Waals surface area (Å²) < 4.78 is 31.8. The quantitative estimate of drug-likeness (QED) is 0.629. The van der Waals surface area contributed by atoms with E-state index in [-0.39, 0.29) is 4.90 Å². The van der Waals surface area contributed by atoms with Crippen LogP contribution in [-0.4, -0.2) is 33.2 Å². The van der Waals surface area contributed by atoms with E-state index in [1.807, 2.05) is 0 Å². The van der Waals surface area contributed by atoms with Crippen molar-refractivity contribution in [3.63, 3.8) is 0 Å². The lowest BCUT2D eigenvalue weighted by Crippen LogP contribution is -2.25. The van der Waals surface area contributed by atoms with Crippen molar-refractivity contribution in [3.8, 4) is 0 Å². The molecule has 0 aromatic carbocycles. The fourth-order valence-electron chi connectivity index (χ4n) is 1.50. The molecule has 7 heteroatoms. The Morgan fingerprint density at radius 3 is 2.65 bits per heavy atom. The number of hydrogen-bond acceptors (Lipinski definition) is 5. The predicted molar refractivity (Wildman–Crippen MR) is 77.7 cm³/mol. The van der Waals surface area contributed by atoms with Gasteiger partial charge in [0.05, 0.1) is 5.69 Å². The predicted octanol–water partition coefficient (Wildman–Crippen LogP) is 1.03. The third-order valence-electron chi connectivity index (χ3n) is 2.72. The van der Waals surface area contributed by atoms with Crippen LogP contribution in [0.1, 0.15) is 31.9 Å². The number of unbranched alkanes of at least 4 members (excludes halogenated alkanes) is 1. The van der Waals surface area contributed by atoms with Crippen LogP contribution in [0.5, 0.6) is 0 Å². The third kappa shape index (κ3) is 5.96. The maximum atomic E-state index is 11.9. The van der Waals surface area contributed by atoms with Crippen LogP contribution in [0.4, 0.5) is 0 Å². The van der Waals surface area contributed by atoms with Crippen LogP contribution in [0.2, 0.25) is 0 Å². The van der Waals surface area contributed by atoms with Gasteiger partial charge in [-0.1, -0.05) is 13.3 Å². The lowest BCUT2D eigenvalue weighted by molar-refractivity contribution is 0.130. The summed E-state index contributed by atoms with van der Waals surface area (Å²) in [5, 5.41) is 0. The number of nitrogens with zero attached hydrogens (tertiary/aromatic N) is 1. The molecule has 6 nitrogen and oxygen atoms in total. The molecule has 20 heavy (non-hydrogen) atoms. The minimum Gasteiger partial charge on any atom is -0.381 e. The number of hydrogen-bond donors (Lipinski definition) is 2. The summed E-state index contributed by atoms with van der Waals surface area (Å²) in [6.07, 6.45) is 4.10. The maximum Gasteiger partial charge on any atom is 0.242 e. The highest BCUT2D eigenvalue weighted by molar-refractivity contribution is 7.89. The summed E-state index contributed by atoms with van der Waals surface area (Å²) in [5.74, 6) is 0. The van der Waals surface area contributed by atoms with Gasteiger partial charge >= 0.3 is 0 Å². The van der Waals surface area contributed by atoms with Crippen molar-refractivity contribution in [1.29, 1.82) is 0 Å². The summed E-state index contributed by atoms with van der Waals surface area (Å²) in [5.41, 5.74) is 6.08. The van der Waals surface area contributed by atoms with Crippen LogP contribution in [-0.2, 0) is 21.3 Å². The van der Waals surface area contributed by atoms with E-state index >= 15 is 0 Å². The molecule has 1 aromatic heterocycles. The molecule has 1 aromatic rings. The van der Waals surface area contributed by atoms with E-state index in [2.05, 4.69) is 16.6 Å². The Bertz CT molecular complexity index is 474. The van der Waals surface area contributed by atoms with Gasteiger partial charge in [0.25, 0.3) is 0 Å². The lowest BCUT2D eigenvalue weighted by atomic mass is 10.4. The monoisotopic (exact) mass is 301 g/mol. The number of sulfonamides is 1. The molecule has 0 aliphatic carbocycles. The summed E-state index contributed by atoms with van der Waals surface area (Å²) in [6, 6.07) is 3.12. The number of ether oxygens (including phenoxy) is 1. The highest BCUT2D eigenvalue weighted by Crippen LogP contribution is 2.07. The Labute approximate surface area is 120 Å². The average molecular weight is 301 g/mol. The number of rotatable bonds is 10. The van der Waals surface area contributed by atoms with Gasteiger partial charge in [0.2, 0.25) is 10.0 Å². The van der Waals surface area contributed by atoms with E-state index in [0.29, 0.717) is 31.8 Å². The molecule has 0 atom stereocenters. The van der Waals surface area contributed by atoms with Gasteiger partial charge in [-0.15, -0.1) is 0 Å². The molecule has 0 saturated heterocycles. The molecule has 0 bridgehead atoms. The normalized spacial score (nSPS) is 11.7. The SMILES string of the molecule is CCCCOCCCNS(=O)(=O)c1ccc(CN)nc1. The van der Waals surface area contributed by atoms with E-state index in [1.54, 1.807) is 6.07 Å². The number of aromatic nitrogens is 1. The number of nitrogens with two attached hydrogens (primary N) is 1. The number of nitrogens with one attached hydrogen (secondary N) is 1. The van der Waals surface area contributed by atoms with Crippen LogP contribution in [0.3, 0.4) is 0 Å². The first-order valence-corrected chi connectivity index (χ1v) is 8.31. The van der Waals surface area contributed by atoms with Gasteiger partial charge < -0.3 is 10.5 Å². The van der Waals surface area contributed by atoms with Gasteiger partial charge in [-0.05, 0) is 25.0 Å². The van der Waals surface area contributed by atoms with Crippen molar-refractivity contribution < 1.29 is 13.2 Å². The summed E-state index contributed by atoms with van der Waals surface area (Å²) in [6.45, 7) is 4.04. The van der Waals surface area contributed by atoms with Crippen LogP contribution in [0.15, 0.2) is 23.2 Å². The zero-order valence-corrected chi connectivity index (χ0v) is 12.7. The van der Waals surface area contributed by atoms with E-state index in [0.717, 1.165) is 19.4 Å². The van der Waals surface area contributed by atoms with Crippen molar-refractivity contribution in [2.45, 2.75) is 37.6 Å². The summed E-state index contributed by atoms with van der Waals surface area (Å²) >= 11 is 0. The van der Waals surface area contributed by atoms with E-state index in [4.69, 9.17) is 10.5 Å². The molecule has 0 aliphatic rings. The Morgan fingerprint density at radius 1 is 1.30 bits per heavy atom. The summed E-state index contributed by atoms with van der Waals surface area (Å²) in [4.78, 5) is 4.13. The summed E-state index contributed by atoms with van der Waals surface area (Å²) in [7, 11) is -3.49. The van der Waals surface area contributed by atoms with E-state index < -0.39 is 10.0 Å². The largest absolute Gasteiger partial charge is 0.381 e. The van der Waals surface area contributed by atoms with Crippen molar-refractivity contribution in [3.05, 3.63) is 24.0 Å². The average Bonchev–Trinajstić information content (AvgIpc) is 2.46. The highest BCUT2D eigenvalue weighted by Gasteiger charge is 2.13. The molecule has 0 saturated carbocycles. The first kappa shape index (κ1) is 17.0. The Kier molecular flexibility index (Phi) is 7.68. The van der Waals surface area contributed by atoms with E-state index in [1.165, 1.54) is 12.3 Å². The molecule has 1 heterocycles. The first-order chi connectivity index (χ1) is 9.60. The molecule has 0 aliphatic heterocycles. The van der Waals surface area contributed by atoms with Crippen LogP contribution in [0.25, 0.3) is 0 Å². The van der Waals surface area contributed by atoms with Crippen molar-refractivity contribution >= 4 is 10.0 Å². The van der Waals surface area contributed by atoms with Gasteiger partial charge in [0, 0.05) is 32.5 Å². The van der Waals surface area contributed by atoms with E-state index in [9.17, 15) is 8.42 Å². The molecule has 1 rings (SSSR count). The van der Waals surface area contributed by atoms with Crippen LogP contribution in [0, 0.1) is 0 Å². The molecule has 0 fully saturated rings. The standard InChI is InChI=1S/C13H23N3O3S/c1-2-3-8-19-9-4-7-16-20(17,18)13-6-5-12(10-14)15-11-13/h5-6,11,16H,2-4,7-10,14H2,1H3. The smallest absolute Gasteiger partial charge is 0.242 e. The fraction of sp³-hybridized carbons (Fsp3) is 0.615. The highest BCUT2D eigenvalue weighted by atomic mass is 32.2. The zero-order chi connectivity index (χ0) is 14.8. The van der Waals surface area contributed by atoms with Gasteiger partial charge in [-0.25, -0.2) is 13.1 Å². The first-order valence-electron chi connectivity index (χ1n) is 6.82. The van der Waals surface area contributed by atoms with Crippen LogP contribution < -0.4 is 10.5 Å². The third-order valence-corrected chi connectivity index (χ3v) is 4.16. The lowest BCUT2D eigenvalue weighted by Gasteiger charge is -2.07. The van der Waals surface area contributed by atoms with Gasteiger partial charge in [0.15, 0.2) is 0 Å². The molecule has 0 spiro atoms. The van der Waals surface area contributed by atoms with Gasteiger partial charge in [0.1, 0.15) is 4.90 Å². The second kappa shape index (κ2) is 9.02. The van der Waals surface area contributed by atoms with Crippen molar-refractivity contribution in [2.24, 2.45) is 5.73 Å². The second-order valence-electron chi connectivity index (χ2n) is 4.41. The Balaban J connectivity index is 2.33. The molecule has 3 N–H and O–H groups in total. The molecule has 0 radical (unpaired) electrons. The Hall–Kier alpha value is -1.02. The second-order valence-corrected chi connectivity index (χ2v) is 6.17. The van der Waals surface area contributed by atoms with Crippen molar-refractivity contribution in [2.75, 3.05) is 19.8 Å². The molecule has 0 unspecified atom stereocenters.